The molecule has 4 aliphatic carbocycles. The Balaban J connectivity index is 1.26. The summed E-state index contributed by atoms with van der Waals surface area (Å²) in [7, 11) is 0. The molecule has 6 aliphatic rings. The zero-order chi connectivity index (χ0) is 19.0. The van der Waals surface area contributed by atoms with Gasteiger partial charge in [-0.25, -0.2) is 0 Å². The van der Waals surface area contributed by atoms with Crippen molar-refractivity contribution in [1.82, 2.24) is 4.90 Å². The van der Waals surface area contributed by atoms with Crippen LogP contribution in [0.1, 0.15) is 36.0 Å². The van der Waals surface area contributed by atoms with Gasteiger partial charge in [-0.3, -0.25) is 19.3 Å². The van der Waals surface area contributed by atoms with Crippen LogP contribution in [0.2, 0.25) is 0 Å². The molecule has 1 aromatic carbocycles. The van der Waals surface area contributed by atoms with Crippen molar-refractivity contribution in [3.05, 3.63) is 42.0 Å². The minimum atomic E-state index is -0.180. The van der Waals surface area contributed by atoms with E-state index in [1.165, 1.54) is 17.7 Å². The molecular weight excluding hydrogens is 352 g/mol. The molecule has 0 N–H and O–H groups in total. The smallest absolute Gasteiger partial charge is 0.253 e. The van der Waals surface area contributed by atoms with Crippen LogP contribution in [0.25, 0.3) is 0 Å². The van der Waals surface area contributed by atoms with Crippen molar-refractivity contribution in [2.24, 2.45) is 35.5 Å². The summed E-state index contributed by atoms with van der Waals surface area (Å²) < 4.78 is 0. The third kappa shape index (κ3) is 2.16. The van der Waals surface area contributed by atoms with Crippen molar-refractivity contribution >= 4 is 23.4 Å². The van der Waals surface area contributed by atoms with Crippen molar-refractivity contribution in [2.75, 3.05) is 18.0 Å². The van der Waals surface area contributed by atoms with E-state index in [0.717, 1.165) is 25.9 Å². The van der Waals surface area contributed by atoms with Gasteiger partial charge >= 0.3 is 0 Å². The lowest BCUT2D eigenvalue weighted by Crippen LogP contribution is -2.40. The average molecular weight is 376 g/mol. The van der Waals surface area contributed by atoms with Crippen molar-refractivity contribution in [3.8, 4) is 0 Å². The summed E-state index contributed by atoms with van der Waals surface area (Å²) in [5.74, 6) is 1.28. The van der Waals surface area contributed by atoms with Gasteiger partial charge in [0.15, 0.2) is 0 Å². The first-order valence-electron chi connectivity index (χ1n) is 10.6. The lowest BCUT2D eigenvalue weighted by Gasteiger charge is -2.37. The molecule has 28 heavy (non-hydrogen) atoms. The normalized spacial score (nSPS) is 37.9. The summed E-state index contributed by atoms with van der Waals surface area (Å²) in [6.07, 6.45) is 8.85. The standard InChI is InChI=1S/C23H24N2O3/c26-21(24-10-2-1-3-11-24)13-4-6-14(7-5-13)25-22(27)19-15-8-9-16(18-12-17(15)18)20(19)23(25)28/h4-9,15-20H,1-3,10-12H2/t15-,16-,17-,18-,19-,20+/m0/s1. The number of hydrogen-bond donors (Lipinski definition) is 0. The quantitative estimate of drug-likeness (QED) is 0.589. The van der Waals surface area contributed by atoms with Gasteiger partial charge in [-0.2, -0.15) is 0 Å². The zero-order valence-electron chi connectivity index (χ0n) is 15.8. The van der Waals surface area contributed by atoms with E-state index in [9.17, 15) is 14.4 Å². The van der Waals surface area contributed by atoms with Crippen LogP contribution in [0.15, 0.2) is 36.4 Å². The van der Waals surface area contributed by atoms with E-state index in [4.69, 9.17) is 0 Å². The lowest BCUT2D eigenvalue weighted by molar-refractivity contribution is -0.124. The molecule has 2 saturated heterocycles. The number of carbonyl (C=O) groups is 3. The molecule has 4 fully saturated rings. The number of piperidine rings is 1. The topological polar surface area (TPSA) is 57.7 Å². The SMILES string of the molecule is O=C(c1ccc(N2C(=O)[C@@H]3[C@H]4C=C[C@@H]([C@@H]5C[C@@H]45)[C@@H]3C2=O)cc1)N1CCCCC1. The summed E-state index contributed by atoms with van der Waals surface area (Å²) >= 11 is 0. The van der Waals surface area contributed by atoms with Crippen LogP contribution in [0, 0.1) is 35.5 Å². The fourth-order valence-corrected chi connectivity index (χ4v) is 6.24. The summed E-state index contributed by atoms with van der Waals surface area (Å²) in [5.41, 5.74) is 1.23. The van der Waals surface area contributed by atoms with Crippen LogP contribution in [-0.4, -0.2) is 35.7 Å². The molecule has 3 amide bonds. The van der Waals surface area contributed by atoms with Crippen LogP contribution in [0.3, 0.4) is 0 Å². The third-order valence-electron chi connectivity index (χ3n) is 7.68. The van der Waals surface area contributed by atoms with E-state index >= 15 is 0 Å². The molecule has 5 nitrogen and oxygen atoms in total. The molecule has 0 unspecified atom stereocenters. The van der Waals surface area contributed by atoms with Gasteiger partial charge < -0.3 is 4.90 Å². The summed E-state index contributed by atoms with van der Waals surface area (Å²) in [6.45, 7) is 1.62. The third-order valence-corrected chi connectivity index (χ3v) is 7.68. The van der Waals surface area contributed by atoms with Crippen molar-refractivity contribution in [2.45, 2.75) is 25.7 Å². The van der Waals surface area contributed by atoms with Gasteiger partial charge in [-0.05, 0) is 73.6 Å². The van der Waals surface area contributed by atoms with Crippen molar-refractivity contribution in [1.29, 1.82) is 0 Å². The van der Waals surface area contributed by atoms with Gasteiger partial charge in [-0.1, -0.05) is 12.2 Å². The molecule has 2 bridgehead atoms. The molecule has 1 aromatic rings. The van der Waals surface area contributed by atoms with E-state index in [-0.39, 0.29) is 41.4 Å². The number of benzene rings is 1. The molecule has 0 spiro atoms. The minimum absolute atomic E-state index is 0.0429. The number of anilines is 1. The first-order valence-corrected chi connectivity index (χ1v) is 10.6. The molecule has 7 rings (SSSR count). The summed E-state index contributed by atoms with van der Waals surface area (Å²) in [4.78, 5) is 42.3. The molecule has 144 valence electrons. The predicted molar refractivity (Wildman–Crippen MR) is 103 cm³/mol. The first-order chi connectivity index (χ1) is 13.6. The van der Waals surface area contributed by atoms with Crippen molar-refractivity contribution < 1.29 is 14.4 Å². The fraction of sp³-hybridized carbons (Fsp3) is 0.522. The van der Waals surface area contributed by atoms with Crippen LogP contribution in [0.4, 0.5) is 5.69 Å². The second-order valence-corrected chi connectivity index (χ2v) is 9.07. The highest BCUT2D eigenvalue weighted by Crippen LogP contribution is 2.65. The molecule has 2 heterocycles. The van der Waals surface area contributed by atoms with Gasteiger partial charge in [-0.15, -0.1) is 0 Å². The Kier molecular flexibility index (Phi) is 3.41. The molecule has 2 saturated carbocycles. The Bertz CT molecular complexity index is 863. The van der Waals surface area contributed by atoms with Gasteiger partial charge in [0, 0.05) is 18.7 Å². The van der Waals surface area contributed by atoms with Gasteiger partial charge in [0.2, 0.25) is 11.8 Å². The van der Waals surface area contributed by atoms with Crippen LogP contribution >= 0.6 is 0 Å². The van der Waals surface area contributed by atoms with E-state index in [0.29, 0.717) is 23.1 Å². The van der Waals surface area contributed by atoms with Crippen molar-refractivity contribution in [3.63, 3.8) is 0 Å². The molecule has 5 heteroatoms. The van der Waals surface area contributed by atoms with E-state index in [1.807, 2.05) is 4.90 Å². The van der Waals surface area contributed by atoms with Gasteiger partial charge in [0.1, 0.15) is 0 Å². The van der Waals surface area contributed by atoms with Crippen LogP contribution < -0.4 is 4.90 Å². The maximum atomic E-state index is 13.2. The molecule has 2 aliphatic heterocycles. The predicted octanol–water partition coefficient (Wildman–Crippen LogP) is 2.87. The van der Waals surface area contributed by atoms with E-state index < -0.39 is 0 Å². The Hall–Kier alpha value is -2.43. The first kappa shape index (κ1) is 16.5. The number of imide groups is 1. The number of amides is 3. The monoisotopic (exact) mass is 376 g/mol. The van der Waals surface area contributed by atoms with E-state index in [1.54, 1.807) is 24.3 Å². The highest BCUT2D eigenvalue weighted by molar-refractivity contribution is 6.22. The Morgan fingerprint density at radius 2 is 1.39 bits per heavy atom. The molecule has 6 atom stereocenters. The summed E-state index contributed by atoms with van der Waals surface area (Å²) in [5, 5.41) is 0. The number of hydrogen-bond acceptors (Lipinski definition) is 3. The van der Waals surface area contributed by atoms with Crippen LogP contribution in [0.5, 0.6) is 0 Å². The number of nitrogens with zero attached hydrogens (tertiary/aromatic N) is 2. The molecule has 0 aromatic heterocycles. The molecular formula is C23H24N2O3. The number of carbonyl (C=O) groups excluding carboxylic acids is 3. The number of allylic oxidation sites excluding steroid dienone is 2. The Morgan fingerprint density at radius 1 is 0.821 bits per heavy atom. The second kappa shape index (κ2) is 5.79. The van der Waals surface area contributed by atoms with Gasteiger partial charge in [0.25, 0.3) is 5.91 Å². The maximum Gasteiger partial charge on any atom is 0.253 e. The molecule has 0 radical (unpaired) electrons. The largest absolute Gasteiger partial charge is 0.339 e. The Labute approximate surface area is 164 Å². The Morgan fingerprint density at radius 3 is 1.96 bits per heavy atom. The highest BCUT2D eigenvalue weighted by Gasteiger charge is 2.67. The maximum absolute atomic E-state index is 13.2. The number of rotatable bonds is 2. The zero-order valence-corrected chi connectivity index (χ0v) is 15.8. The highest BCUT2D eigenvalue weighted by atomic mass is 16.2. The van der Waals surface area contributed by atoms with E-state index in [2.05, 4.69) is 12.2 Å². The second-order valence-electron chi connectivity index (χ2n) is 9.07. The van der Waals surface area contributed by atoms with Crippen LogP contribution in [-0.2, 0) is 9.59 Å². The average Bonchev–Trinajstić information content (AvgIpc) is 3.52. The summed E-state index contributed by atoms with van der Waals surface area (Å²) in [6, 6.07) is 7.05. The van der Waals surface area contributed by atoms with Gasteiger partial charge in [0.05, 0.1) is 17.5 Å². The lowest BCUT2D eigenvalue weighted by atomic mass is 9.63. The number of likely N-dealkylation sites (tertiary alicyclic amines) is 1. The fourth-order valence-electron chi connectivity index (χ4n) is 6.24. The minimum Gasteiger partial charge on any atom is -0.339 e.